The van der Waals surface area contributed by atoms with Crippen molar-refractivity contribution in [2.75, 3.05) is 12.4 Å². The Morgan fingerprint density at radius 1 is 1.43 bits per heavy atom. The molecular formula is C15H18N2O3S. The van der Waals surface area contributed by atoms with Crippen LogP contribution in [0.3, 0.4) is 0 Å². The first-order chi connectivity index (χ1) is 10.1. The number of carboxylic acids is 1. The van der Waals surface area contributed by atoms with Gasteiger partial charge in [-0.2, -0.15) is 5.10 Å². The van der Waals surface area contributed by atoms with Crippen molar-refractivity contribution in [3.05, 3.63) is 41.6 Å². The number of ether oxygens (including phenoxy) is 1. The fraction of sp³-hybridized carbons (Fsp3) is 0.333. The van der Waals surface area contributed by atoms with Crippen LogP contribution in [-0.4, -0.2) is 33.2 Å². The third-order valence-corrected chi connectivity index (χ3v) is 4.04. The lowest BCUT2D eigenvalue weighted by molar-refractivity contribution is 0.0692. The van der Waals surface area contributed by atoms with Crippen molar-refractivity contribution in [1.82, 2.24) is 9.78 Å². The highest BCUT2D eigenvalue weighted by Gasteiger charge is 2.09. The second-order valence-corrected chi connectivity index (χ2v) is 5.71. The standard InChI is InChI=1S/C15H18N2O3S/c1-11-10-14(17(2)16-11)21-9-5-8-20-13-7-4-3-6-12(13)15(18)19/h3-4,6-7,10H,5,8-9H2,1-2H3,(H,18,19). The molecule has 0 spiro atoms. The molecule has 5 nitrogen and oxygen atoms in total. The van der Waals surface area contributed by atoms with Crippen LogP contribution < -0.4 is 4.74 Å². The van der Waals surface area contributed by atoms with E-state index in [9.17, 15) is 4.79 Å². The predicted molar refractivity (Wildman–Crippen MR) is 82.2 cm³/mol. The van der Waals surface area contributed by atoms with E-state index in [0.717, 1.165) is 22.9 Å². The summed E-state index contributed by atoms with van der Waals surface area (Å²) < 4.78 is 7.42. The predicted octanol–water partition coefficient (Wildman–Crippen LogP) is 2.99. The molecule has 0 saturated carbocycles. The SMILES string of the molecule is Cc1cc(SCCCOc2ccccc2C(=O)O)n(C)n1. The summed E-state index contributed by atoms with van der Waals surface area (Å²) in [4.78, 5) is 11.0. The third-order valence-electron chi connectivity index (χ3n) is 2.87. The molecule has 2 rings (SSSR count). The number of thioether (sulfide) groups is 1. The van der Waals surface area contributed by atoms with Gasteiger partial charge in [-0.05, 0) is 31.5 Å². The molecule has 1 heterocycles. The van der Waals surface area contributed by atoms with E-state index in [1.54, 1.807) is 36.0 Å². The van der Waals surface area contributed by atoms with Gasteiger partial charge < -0.3 is 9.84 Å². The molecule has 6 heteroatoms. The fourth-order valence-corrected chi connectivity index (χ4v) is 2.86. The van der Waals surface area contributed by atoms with Crippen LogP contribution in [0.1, 0.15) is 22.5 Å². The van der Waals surface area contributed by atoms with Crippen molar-refractivity contribution < 1.29 is 14.6 Å². The van der Waals surface area contributed by atoms with Gasteiger partial charge >= 0.3 is 5.97 Å². The van der Waals surface area contributed by atoms with Crippen molar-refractivity contribution >= 4 is 17.7 Å². The molecule has 112 valence electrons. The zero-order valence-corrected chi connectivity index (χ0v) is 12.9. The third kappa shape index (κ3) is 4.26. The lowest BCUT2D eigenvalue weighted by Gasteiger charge is -2.08. The molecular weight excluding hydrogens is 288 g/mol. The lowest BCUT2D eigenvalue weighted by Crippen LogP contribution is -2.05. The van der Waals surface area contributed by atoms with Crippen molar-refractivity contribution in [2.45, 2.75) is 18.4 Å². The zero-order valence-electron chi connectivity index (χ0n) is 12.1. The molecule has 0 saturated heterocycles. The van der Waals surface area contributed by atoms with Gasteiger partial charge in [-0.25, -0.2) is 4.79 Å². The van der Waals surface area contributed by atoms with Crippen LogP contribution in [0.25, 0.3) is 0 Å². The number of hydrogen-bond acceptors (Lipinski definition) is 4. The number of nitrogens with zero attached hydrogens (tertiary/aromatic N) is 2. The summed E-state index contributed by atoms with van der Waals surface area (Å²) in [5, 5.41) is 14.5. The fourth-order valence-electron chi connectivity index (χ4n) is 1.91. The minimum absolute atomic E-state index is 0.201. The number of aromatic nitrogens is 2. The molecule has 0 fully saturated rings. The van der Waals surface area contributed by atoms with Crippen molar-refractivity contribution in [3.63, 3.8) is 0 Å². The van der Waals surface area contributed by atoms with Crippen LogP contribution in [0.4, 0.5) is 0 Å². The minimum Gasteiger partial charge on any atom is -0.493 e. The quantitative estimate of drug-likeness (QED) is 0.629. The second-order valence-electron chi connectivity index (χ2n) is 4.60. The summed E-state index contributed by atoms with van der Waals surface area (Å²) in [6.45, 7) is 2.46. The van der Waals surface area contributed by atoms with Crippen LogP contribution in [-0.2, 0) is 7.05 Å². The van der Waals surface area contributed by atoms with Gasteiger partial charge in [0.25, 0.3) is 0 Å². The summed E-state index contributed by atoms with van der Waals surface area (Å²) in [7, 11) is 1.93. The first-order valence-electron chi connectivity index (χ1n) is 6.66. The summed E-state index contributed by atoms with van der Waals surface area (Å²) >= 11 is 1.72. The van der Waals surface area contributed by atoms with Gasteiger partial charge in [-0.1, -0.05) is 12.1 Å². The normalized spacial score (nSPS) is 10.6. The lowest BCUT2D eigenvalue weighted by atomic mass is 10.2. The Hall–Kier alpha value is -1.95. The van der Waals surface area contributed by atoms with E-state index >= 15 is 0 Å². The molecule has 0 aliphatic carbocycles. The topological polar surface area (TPSA) is 64.3 Å². The van der Waals surface area contributed by atoms with Crippen molar-refractivity contribution in [1.29, 1.82) is 0 Å². The van der Waals surface area contributed by atoms with E-state index in [4.69, 9.17) is 9.84 Å². The molecule has 1 N–H and O–H groups in total. The Labute approximate surface area is 127 Å². The number of carboxylic acid groups (broad SMARTS) is 1. The van der Waals surface area contributed by atoms with Gasteiger partial charge in [0.2, 0.25) is 0 Å². The number of para-hydroxylation sites is 1. The molecule has 21 heavy (non-hydrogen) atoms. The van der Waals surface area contributed by atoms with Crippen LogP contribution in [0, 0.1) is 6.92 Å². The number of aromatic carboxylic acids is 1. The highest BCUT2D eigenvalue weighted by Crippen LogP contribution is 2.20. The van der Waals surface area contributed by atoms with Crippen LogP contribution in [0.5, 0.6) is 5.75 Å². The van der Waals surface area contributed by atoms with E-state index in [2.05, 4.69) is 5.10 Å². The molecule has 0 atom stereocenters. The van der Waals surface area contributed by atoms with Gasteiger partial charge in [0.05, 0.1) is 17.3 Å². The highest BCUT2D eigenvalue weighted by atomic mass is 32.2. The van der Waals surface area contributed by atoms with Crippen LogP contribution >= 0.6 is 11.8 Å². The van der Waals surface area contributed by atoms with Gasteiger partial charge in [-0.15, -0.1) is 11.8 Å². The van der Waals surface area contributed by atoms with Gasteiger partial charge in [-0.3, -0.25) is 4.68 Å². The Morgan fingerprint density at radius 3 is 2.86 bits per heavy atom. The van der Waals surface area contributed by atoms with Crippen molar-refractivity contribution in [3.8, 4) is 5.75 Å². The number of aryl methyl sites for hydroxylation is 2. The van der Waals surface area contributed by atoms with Crippen molar-refractivity contribution in [2.24, 2.45) is 7.05 Å². The van der Waals surface area contributed by atoms with E-state index in [1.165, 1.54) is 0 Å². The van der Waals surface area contributed by atoms with E-state index in [1.807, 2.05) is 24.7 Å². The van der Waals surface area contributed by atoms with Gasteiger partial charge in [0, 0.05) is 12.8 Å². The average molecular weight is 306 g/mol. The molecule has 0 aliphatic rings. The number of rotatable bonds is 7. The smallest absolute Gasteiger partial charge is 0.339 e. The molecule has 0 aliphatic heterocycles. The summed E-state index contributed by atoms with van der Waals surface area (Å²) in [5.41, 5.74) is 1.21. The number of hydrogen-bond donors (Lipinski definition) is 1. The summed E-state index contributed by atoms with van der Waals surface area (Å²) in [6, 6.07) is 8.74. The zero-order chi connectivity index (χ0) is 15.2. The maximum absolute atomic E-state index is 11.0. The Morgan fingerprint density at radius 2 is 2.19 bits per heavy atom. The average Bonchev–Trinajstić information content (AvgIpc) is 2.77. The van der Waals surface area contributed by atoms with E-state index in [-0.39, 0.29) is 5.56 Å². The monoisotopic (exact) mass is 306 g/mol. The molecule has 1 aromatic carbocycles. The maximum atomic E-state index is 11.0. The highest BCUT2D eigenvalue weighted by molar-refractivity contribution is 7.99. The number of benzene rings is 1. The molecule has 1 aromatic heterocycles. The Kier molecular flexibility index (Phi) is 5.27. The minimum atomic E-state index is -0.967. The van der Waals surface area contributed by atoms with Gasteiger partial charge in [0.15, 0.2) is 0 Å². The Balaban J connectivity index is 1.78. The molecule has 0 amide bonds. The largest absolute Gasteiger partial charge is 0.493 e. The Bertz CT molecular complexity index is 625. The second kappa shape index (κ2) is 7.17. The molecule has 0 bridgehead atoms. The first kappa shape index (κ1) is 15.4. The summed E-state index contributed by atoms with van der Waals surface area (Å²) in [5.74, 6) is 0.352. The van der Waals surface area contributed by atoms with E-state index in [0.29, 0.717) is 12.4 Å². The summed E-state index contributed by atoms with van der Waals surface area (Å²) in [6.07, 6.45) is 0.836. The number of carbonyl (C=O) groups is 1. The first-order valence-corrected chi connectivity index (χ1v) is 7.65. The maximum Gasteiger partial charge on any atom is 0.339 e. The van der Waals surface area contributed by atoms with E-state index < -0.39 is 5.97 Å². The van der Waals surface area contributed by atoms with Crippen LogP contribution in [0.15, 0.2) is 35.4 Å². The molecule has 2 aromatic rings. The van der Waals surface area contributed by atoms with Crippen LogP contribution in [0.2, 0.25) is 0 Å². The molecule has 0 unspecified atom stereocenters. The molecule has 0 radical (unpaired) electrons. The van der Waals surface area contributed by atoms with Gasteiger partial charge in [0.1, 0.15) is 11.3 Å².